The summed E-state index contributed by atoms with van der Waals surface area (Å²) in [5, 5.41) is 3.26. The molecule has 0 aliphatic heterocycles. The maximum atomic E-state index is 5.78. The van der Waals surface area contributed by atoms with E-state index < -0.39 is 0 Å². The van der Waals surface area contributed by atoms with Crippen molar-refractivity contribution in [1.82, 2.24) is 14.1 Å². The predicted octanol–water partition coefficient (Wildman–Crippen LogP) is 2.64. The minimum atomic E-state index is 0.0248. The second-order valence-corrected chi connectivity index (χ2v) is 4.50. The van der Waals surface area contributed by atoms with Gasteiger partial charge in [-0.3, -0.25) is 0 Å². The highest BCUT2D eigenvalue weighted by molar-refractivity contribution is 6.99. The Morgan fingerprint density at radius 1 is 1.39 bits per heavy atom. The second kappa shape index (κ2) is 6.47. The lowest BCUT2D eigenvalue weighted by atomic mass is 10.0. The average molecular weight is 263 g/mol. The zero-order chi connectivity index (χ0) is 12.8. The minimum absolute atomic E-state index is 0.0248. The highest BCUT2D eigenvalue weighted by Gasteiger charge is 2.18. The van der Waals surface area contributed by atoms with Crippen molar-refractivity contribution < 1.29 is 4.74 Å². The Morgan fingerprint density at radius 2 is 2.22 bits per heavy atom. The van der Waals surface area contributed by atoms with E-state index >= 15 is 0 Å². The van der Waals surface area contributed by atoms with Gasteiger partial charge in [0.05, 0.1) is 36.3 Å². The highest BCUT2D eigenvalue weighted by atomic mass is 32.1. The van der Waals surface area contributed by atoms with Gasteiger partial charge in [0.15, 0.2) is 0 Å². The average Bonchev–Trinajstić information content (AvgIpc) is 2.92. The Morgan fingerprint density at radius 3 is 2.89 bits per heavy atom. The van der Waals surface area contributed by atoms with Crippen LogP contribution in [0.4, 0.5) is 0 Å². The molecule has 18 heavy (non-hydrogen) atoms. The van der Waals surface area contributed by atoms with Gasteiger partial charge in [-0.2, -0.15) is 8.75 Å². The zero-order valence-electron chi connectivity index (χ0n) is 10.6. The van der Waals surface area contributed by atoms with Crippen molar-refractivity contribution in [2.75, 3.05) is 13.7 Å². The molecule has 1 aromatic carbocycles. The number of hydrogen-bond donors (Lipinski definition) is 1. The van der Waals surface area contributed by atoms with Gasteiger partial charge in [0.2, 0.25) is 0 Å². The highest BCUT2D eigenvalue weighted by Crippen LogP contribution is 2.29. The van der Waals surface area contributed by atoms with Crippen LogP contribution in [-0.4, -0.2) is 22.4 Å². The molecule has 0 saturated heterocycles. The Hall–Kier alpha value is -1.46. The van der Waals surface area contributed by atoms with E-state index in [0.29, 0.717) is 0 Å². The molecule has 4 nitrogen and oxygen atoms in total. The SMILES string of the molecule is CCCOc1ccccc1C(NC)c1cnsn1. The third-order valence-corrected chi connectivity index (χ3v) is 3.15. The lowest BCUT2D eigenvalue weighted by Crippen LogP contribution is -2.19. The van der Waals surface area contributed by atoms with E-state index in [2.05, 4.69) is 27.1 Å². The minimum Gasteiger partial charge on any atom is -0.493 e. The molecule has 96 valence electrons. The van der Waals surface area contributed by atoms with Crippen molar-refractivity contribution in [3.63, 3.8) is 0 Å². The topological polar surface area (TPSA) is 47.0 Å². The number of hydrogen-bond acceptors (Lipinski definition) is 5. The van der Waals surface area contributed by atoms with Crippen LogP contribution in [0.15, 0.2) is 30.5 Å². The van der Waals surface area contributed by atoms with Crippen LogP contribution in [0.5, 0.6) is 5.75 Å². The van der Waals surface area contributed by atoms with Gasteiger partial charge in [0.1, 0.15) is 5.75 Å². The number of ether oxygens (including phenoxy) is 1. The molecule has 0 fully saturated rings. The molecule has 0 spiro atoms. The van der Waals surface area contributed by atoms with Crippen molar-refractivity contribution in [3.8, 4) is 5.75 Å². The van der Waals surface area contributed by atoms with E-state index in [1.54, 1.807) is 6.20 Å². The first kappa shape index (κ1) is 13.0. The smallest absolute Gasteiger partial charge is 0.124 e. The molecule has 0 bridgehead atoms. The molecule has 1 N–H and O–H groups in total. The van der Waals surface area contributed by atoms with Crippen LogP contribution in [0.3, 0.4) is 0 Å². The summed E-state index contributed by atoms with van der Waals surface area (Å²) >= 11 is 1.22. The molecule has 1 aromatic heterocycles. The molecule has 0 aliphatic carbocycles. The molecule has 1 heterocycles. The fourth-order valence-corrected chi connectivity index (χ4v) is 2.27. The quantitative estimate of drug-likeness (QED) is 0.870. The molecule has 5 heteroatoms. The molecule has 1 unspecified atom stereocenters. The third-order valence-electron chi connectivity index (χ3n) is 2.65. The maximum absolute atomic E-state index is 5.78. The monoisotopic (exact) mass is 263 g/mol. The largest absolute Gasteiger partial charge is 0.493 e. The Kier molecular flexibility index (Phi) is 4.66. The predicted molar refractivity (Wildman–Crippen MR) is 73.0 cm³/mol. The van der Waals surface area contributed by atoms with Crippen LogP contribution < -0.4 is 10.1 Å². The normalized spacial score (nSPS) is 12.3. The second-order valence-electron chi connectivity index (χ2n) is 3.94. The van der Waals surface area contributed by atoms with Crippen molar-refractivity contribution in [2.45, 2.75) is 19.4 Å². The lowest BCUT2D eigenvalue weighted by Gasteiger charge is -2.18. The lowest BCUT2D eigenvalue weighted by molar-refractivity contribution is 0.312. The van der Waals surface area contributed by atoms with Crippen LogP contribution >= 0.6 is 11.7 Å². The standard InChI is InChI=1S/C13H17N3OS/c1-3-8-17-12-7-5-4-6-10(12)13(14-2)11-9-15-18-16-11/h4-7,9,13-14H,3,8H2,1-2H3. The van der Waals surface area contributed by atoms with Crippen molar-refractivity contribution >= 4 is 11.7 Å². The fraction of sp³-hybridized carbons (Fsp3) is 0.385. The van der Waals surface area contributed by atoms with Gasteiger partial charge in [0.25, 0.3) is 0 Å². The first-order chi connectivity index (χ1) is 8.86. The Labute approximate surface area is 111 Å². The first-order valence-corrected chi connectivity index (χ1v) is 6.76. The first-order valence-electron chi connectivity index (χ1n) is 6.03. The summed E-state index contributed by atoms with van der Waals surface area (Å²) in [5.74, 6) is 0.909. The number of nitrogens with zero attached hydrogens (tertiary/aromatic N) is 2. The van der Waals surface area contributed by atoms with Crippen LogP contribution in [0.1, 0.15) is 30.6 Å². The summed E-state index contributed by atoms with van der Waals surface area (Å²) < 4.78 is 14.1. The van der Waals surface area contributed by atoms with Crippen LogP contribution in [0.25, 0.3) is 0 Å². The van der Waals surface area contributed by atoms with Crippen molar-refractivity contribution in [3.05, 3.63) is 41.7 Å². The molecular weight excluding hydrogens is 246 g/mol. The molecule has 0 amide bonds. The molecule has 0 saturated carbocycles. The molecule has 2 rings (SSSR count). The van der Waals surface area contributed by atoms with Gasteiger partial charge in [-0.25, -0.2) is 0 Å². The van der Waals surface area contributed by atoms with E-state index in [9.17, 15) is 0 Å². The summed E-state index contributed by atoms with van der Waals surface area (Å²) in [7, 11) is 1.92. The van der Waals surface area contributed by atoms with E-state index in [-0.39, 0.29) is 6.04 Å². The number of nitrogens with one attached hydrogen (secondary N) is 1. The van der Waals surface area contributed by atoms with Gasteiger partial charge in [-0.1, -0.05) is 25.1 Å². The van der Waals surface area contributed by atoms with Gasteiger partial charge in [-0.15, -0.1) is 0 Å². The molecule has 0 aliphatic rings. The fourth-order valence-electron chi connectivity index (χ4n) is 1.82. The van der Waals surface area contributed by atoms with Gasteiger partial charge >= 0.3 is 0 Å². The number of aromatic nitrogens is 2. The molecular formula is C13H17N3OS. The zero-order valence-corrected chi connectivity index (χ0v) is 11.4. The third kappa shape index (κ3) is 2.86. The van der Waals surface area contributed by atoms with E-state index in [0.717, 1.165) is 30.0 Å². The number of benzene rings is 1. The van der Waals surface area contributed by atoms with Crippen LogP contribution in [0, 0.1) is 0 Å². The summed E-state index contributed by atoms with van der Waals surface area (Å²) in [5.41, 5.74) is 2.02. The van der Waals surface area contributed by atoms with Gasteiger partial charge in [0, 0.05) is 5.56 Å². The van der Waals surface area contributed by atoms with E-state index in [4.69, 9.17) is 4.74 Å². The van der Waals surface area contributed by atoms with Crippen LogP contribution in [0.2, 0.25) is 0 Å². The summed E-state index contributed by atoms with van der Waals surface area (Å²) in [6.45, 7) is 2.82. The van der Waals surface area contributed by atoms with E-state index in [1.165, 1.54) is 11.7 Å². The van der Waals surface area contributed by atoms with Crippen molar-refractivity contribution in [2.24, 2.45) is 0 Å². The Balaban J connectivity index is 2.30. The van der Waals surface area contributed by atoms with Crippen LogP contribution in [-0.2, 0) is 0 Å². The summed E-state index contributed by atoms with van der Waals surface area (Å²) in [4.78, 5) is 0. The van der Waals surface area contributed by atoms with E-state index in [1.807, 2.05) is 25.2 Å². The summed E-state index contributed by atoms with van der Waals surface area (Å²) in [6.07, 6.45) is 2.79. The number of rotatable bonds is 6. The Bertz CT molecular complexity index is 473. The van der Waals surface area contributed by atoms with Gasteiger partial charge in [-0.05, 0) is 19.5 Å². The summed E-state index contributed by atoms with van der Waals surface area (Å²) in [6, 6.07) is 8.08. The molecule has 0 radical (unpaired) electrons. The number of para-hydroxylation sites is 1. The molecule has 1 atom stereocenters. The van der Waals surface area contributed by atoms with Gasteiger partial charge < -0.3 is 10.1 Å². The maximum Gasteiger partial charge on any atom is 0.124 e. The molecule has 2 aromatic rings. The van der Waals surface area contributed by atoms with Crippen molar-refractivity contribution in [1.29, 1.82) is 0 Å².